The topological polar surface area (TPSA) is 121 Å². The highest BCUT2D eigenvalue weighted by molar-refractivity contribution is 6.00. The first-order valence-corrected chi connectivity index (χ1v) is 11.2. The summed E-state index contributed by atoms with van der Waals surface area (Å²) in [6.45, 7) is 2.71. The number of hydrogen-bond donors (Lipinski definition) is 2. The van der Waals surface area contributed by atoms with Gasteiger partial charge >= 0.3 is 5.69 Å². The molecule has 9 nitrogen and oxygen atoms in total. The largest absolute Gasteiger partial charge is 0.383 e. The Hall–Kier alpha value is -4.14. The zero-order valence-electron chi connectivity index (χ0n) is 18.9. The Kier molecular flexibility index (Phi) is 6.62. The minimum atomic E-state index is -0.729. The Labute approximate surface area is 196 Å². The Bertz CT molecular complexity index is 1300. The lowest BCUT2D eigenvalue weighted by molar-refractivity contribution is -0.128. The maximum atomic E-state index is 13.4. The van der Waals surface area contributed by atoms with Crippen LogP contribution in [0.3, 0.4) is 0 Å². The second kappa shape index (κ2) is 9.78. The molecule has 1 fully saturated rings. The highest BCUT2D eigenvalue weighted by atomic mass is 16.2. The molecule has 0 spiro atoms. The van der Waals surface area contributed by atoms with Crippen LogP contribution in [0.25, 0.3) is 0 Å². The van der Waals surface area contributed by atoms with Crippen LogP contribution in [0.4, 0.5) is 11.5 Å². The number of H-pyrrole nitrogens is 1. The van der Waals surface area contributed by atoms with Crippen molar-refractivity contribution in [2.45, 2.75) is 26.4 Å². The van der Waals surface area contributed by atoms with E-state index in [1.165, 1.54) is 9.47 Å². The molecule has 1 aromatic heterocycles. The van der Waals surface area contributed by atoms with Crippen molar-refractivity contribution < 1.29 is 9.59 Å². The molecule has 9 heteroatoms. The van der Waals surface area contributed by atoms with Crippen molar-refractivity contribution in [2.24, 2.45) is 5.92 Å². The van der Waals surface area contributed by atoms with Crippen molar-refractivity contribution in [1.29, 1.82) is 0 Å². The van der Waals surface area contributed by atoms with Gasteiger partial charge in [0.05, 0.1) is 12.5 Å². The maximum Gasteiger partial charge on any atom is 0.330 e. The van der Waals surface area contributed by atoms with Crippen LogP contribution in [-0.2, 0) is 22.7 Å². The van der Waals surface area contributed by atoms with E-state index in [4.69, 9.17) is 5.73 Å². The molecule has 0 saturated carbocycles. The van der Waals surface area contributed by atoms with Crippen LogP contribution in [0.1, 0.15) is 24.5 Å². The Morgan fingerprint density at radius 3 is 2.18 bits per heavy atom. The maximum absolute atomic E-state index is 13.4. The fourth-order valence-electron chi connectivity index (χ4n) is 4.30. The summed E-state index contributed by atoms with van der Waals surface area (Å²) in [7, 11) is 0. The Morgan fingerprint density at radius 1 is 1.00 bits per heavy atom. The second-order valence-corrected chi connectivity index (χ2v) is 8.31. The summed E-state index contributed by atoms with van der Waals surface area (Å²) >= 11 is 0. The summed E-state index contributed by atoms with van der Waals surface area (Å²) in [5, 5.41) is 0. The standard InChI is InChI=1S/C25H27N5O4/c1-2-29(24(33)19-13-20(31)28(16-19)14-17-9-5-3-6-10-17)21-22(26)30(25(34)27-23(21)32)15-18-11-7-4-8-12-18/h3-12,19H,2,13-16,26H2,1H3,(H,27,32,34). The SMILES string of the molecule is CCN(C(=O)C1CC(=O)N(Cc2ccccc2)C1)c1c(N)n(Cc2ccccc2)c(=O)[nH]c1=O. The van der Waals surface area contributed by atoms with Gasteiger partial charge in [0.25, 0.3) is 5.56 Å². The van der Waals surface area contributed by atoms with Gasteiger partial charge in [-0.2, -0.15) is 0 Å². The van der Waals surface area contributed by atoms with Crippen molar-refractivity contribution in [3.63, 3.8) is 0 Å². The van der Waals surface area contributed by atoms with Crippen molar-refractivity contribution in [3.8, 4) is 0 Å². The third-order valence-corrected chi connectivity index (χ3v) is 6.03. The predicted molar refractivity (Wildman–Crippen MR) is 129 cm³/mol. The van der Waals surface area contributed by atoms with Crippen LogP contribution < -0.4 is 21.9 Å². The Balaban J connectivity index is 1.60. The molecule has 34 heavy (non-hydrogen) atoms. The molecule has 4 rings (SSSR count). The summed E-state index contributed by atoms with van der Waals surface area (Å²) in [6.07, 6.45) is 0.0592. The monoisotopic (exact) mass is 461 g/mol. The van der Waals surface area contributed by atoms with E-state index in [2.05, 4.69) is 4.98 Å². The molecular weight excluding hydrogens is 434 g/mol. The van der Waals surface area contributed by atoms with Gasteiger partial charge in [-0.25, -0.2) is 4.79 Å². The predicted octanol–water partition coefficient (Wildman–Crippen LogP) is 1.57. The summed E-state index contributed by atoms with van der Waals surface area (Å²) < 4.78 is 1.24. The highest BCUT2D eigenvalue weighted by Gasteiger charge is 2.37. The van der Waals surface area contributed by atoms with E-state index < -0.39 is 17.2 Å². The molecule has 2 heterocycles. The number of anilines is 2. The number of aromatic amines is 1. The van der Waals surface area contributed by atoms with E-state index in [9.17, 15) is 19.2 Å². The van der Waals surface area contributed by atoms with E-state index >= 15 is 0 Å². The third kappa shape index (κ3) is 4.63. The highest BCUT2D eigenvalue weighted by Crippen LogP contribution is 2.26. The van der Waals surface area contributed by atoms with Gasteiger partial charge in [0.2, 0.25) is 11.8 Å². The van der Waals surface area contributed by atoms with Gasteiger partial charge in [-0.15, -0.1) is 0 Å². The van der Waals surface area contributed by atoms with Crippen LogP contribution in [0, 0.1) is 5.92 Å². The lowest BCUT2D eigenvalue weighted by atomic mass is 10.1. The van der Waals surface area contributed by atoms with E-state index in [0.717, 1.165) is 11.1 Å². The van der Waals surface area contributed by atoms with E-state index in [-0.39, 0.29) is 49.4 Å². The minimum absolute atomic E-state index is 0.0592. The molecule has 1 atom stereocenters. The summed E-state index contributed by atoms with van der Waals surface area (Å²) in [4.78, 5) is 56.5. The smallest absolute Gasteiger partial charge is 0.330 e. The molecule has 2 aromatic carbocycles. The fraction of sp³-hybridized carbons (Fsp3) is 0.280. The normalized spacial score (nSPS) is 15.5. The molecule has 3 aromatic rings. The van der Waals surface area contributed by atoms with Crippen molar-refractivity contribution in [1.82, 2.24) is 14.5 Å². The number of nitrogen functional groups attached to an aromatic ring is 1. The number of likely N-dealkylation sites (tertiary alicyclic amines) is 1. The van der Waals surface area contributed by atoms with E-state index in [0.29, 0.717) is 6.54 Å². The van der Waals surface area contributed by atoms with Gasteiger partial charge in [0.1, 0.15) is 5.82 Å². The van der Waals surface area contributed by atoms with Crippen LogP contribution in [0.5, 0.6) is 0 Å². The average Bonchev–Trinajstić information content (AvgIpc) is 3.20. The molecule has 0 bridgehead atoms. The Morgan fingerprint density at radius 2 is 1.59 bits per heavy atom. The molecule has 3 N–H and O–H groups in total. The van der Waals surface area contributed by atoms with Gasteiger partial charge in [-0.3, -0.25) is 23.9 Å². The summed E-state index contributed by atoms with van der Waals surface area (Å²) in [5.41, 5.74) is 6.62. The number of amides is 2. The van der Waals surface area contributed by atoms with Crippen LogP contribution >= 0.6 is 0 Å². The number of hydrogen-bond acceptors (Lipinski definition) is 5. The third-order valence-electron chi connectivity index (χ3n) is 6.03. The molecular formula is C25H27N5O4. The molecule has 1 aliphatic heterocycles. The average molecular weight is 462 g/mol. The van der Waals surface area contributed by atoms with E-state index in [1.807, 2.05) is 60.7 Å². The first kappa shape index (κ1) is 23.0. The van der Waals surface area contributed by atoms with Gasteiger partial charge in [0.15, 0.2) is 5.69 Å². The number of benzene rings is 2. The quantitative estimate of drug-likeness (QED) is 0.553. The number of nitrogens with two attached hydrogens (primary N) is 1. The molecule has 1 saturated heterocycles. The van der Waals surface area contributed by atoms with Crippen LogP contribution in [-0.4, -0.2) is 39.4 Å². The molecule has 1 unspecified atom stereocenters. The van der Waals surface area contributed by atoms with E-state index in [1.54, 1.807) is 11.8 Å². The van der Waals surface area contributed by atoms with Gasteiger partial charge in [-0.1, -0.05) is 60.7 Å². The lowest BCUT2D eigenvalue weighted by Gasteiger charge is -2.25. The second-order valence-electron chi connectivity index (χ2n) is 8.31. The van der Waals surface area contributed by atoms with Crippen molar-refractivity contribution in [3.05, 3.63) is 92.6 Å². The number of nitrogens with one attached hydrogen (secondary N) is 1. The molecule has 1 aliphatic rings. The number of rotatable bonds is 7. The number of aromatic nitrogens is 2. The first-order valence-electron chi connectivity index (χ1n) is 11.2. The van der Waals surface area contributed by atoms with Crippen molar-refractivity contribution >= 4 is 23.3 Å². The minimum Gasteiger partial charge on any atom is -0.383 e. The summed E-state index contributed by atoms with van der Waals surface area (Å²) in [6, 6.07) is 18.8. The fourth-order valence-corrected chi connectivity index (χ4v) is 4.30. The van der Waals surface area contributed by atoms with Gasteiger partial charge < -0.3 is 15.5 Å². The molecule has 176 valence electrons. The van der Waals surface area contributed by atoms with Gasteiger partial charge in [0, 0.05) is 26.1 Å². The van der Waals surface area contributed by atoms with Crippen LogP contribution in [0.2, 0.25) is 0 Å². The van der Waals surface area contributed by atoms with Gasteiger partial charge in [-0.05, 0) is 18.1 Å². The number of carbonyl (C=O) groups excluding carboxylic acids is 2. The molecule has 0 radical (unpaired) electrons. The molecule has 2 amide bonds. The molecule has 0 aliphatic carbocycles. The summed E-state index contributed by atoms with van der Waals surface area (Å²) in [5.74, 6) is -1.18. The van der Waals surface area contributed by atoms with Crippen molar-refractivity contribution in [2.75, 3.05) is 23.7 Å². The lowest BCUT2D eigenvalue weighted by Crippen LogP contribution is -2.44. The number of nitrogens with zero attached hydrogens (tertiary/aromatic N) is 3. The zero-order valence-corrected chi connectivity index (χ0v) is 18.9. The van der Waals surface area contributed by atoms with Crippen LogP contribution in [0.15, 0.2) is 70.3 Å². The first-order chi connectivity index (χ1) is 16.4. The zero-order chi connectivity index (χ0) is 24.2. The number of carbonyl (C=O) groups is 2.